The minimum Gasteiger partial charge on any atom is -0.495 e. The summed E-state index contributed by atoms with van der Waals surface area (Å²) in [5.41, 5.74) is 2.06. The van der Waals surface area contributed by atoms with Crippen LogP contribution in [0.25, 0.3) is 0 Å². The fourth-order valence-corrected chi connectivity index (χ4v) is 2.38. The summed E-state index contributed by atoms with van der Waals surface area (Å²) < 4.78 is 18.5. The highest BCUT2D eigenvalue weighted by atomic mass is 19.1. The van der Waals surface area contributed by atoms with Crippen LogP contribution in [0.3, 0.4) is 0 Å². The first-order chi connectivity index (χ1) is 10.2. The van der Waals surface area contributed by atoms with Gasteiger partial charge in [0.15, 0.2) is 0 Å². The van der Waals surface area contributed by atoms with Gasteiger partial charge in [0.05, 0.1) is 18.8 Å². The monoisotopic (exact) mass is 287 g/mol. The molecule has 0 spiro atoms. The number of hydrogen-bond acceptors (Lipinski definition) is 2. The van der Waals surface area contributed by atoms with Crippen LogP contribution in [0.4, 0.5) is 10.1 Å². The molecule has 2 rings (SSSR count). The molecule has 0 saturated carbocycles. The van der Waals surface area contributed by atoms with E-state index in [9.17, 15) is 4.39 Å². The van der Waals surface area contributed by atoms with E-state index in [0.717, 1.165) is 36.3 Å². The third-order valence-corrected chi connectivity index (χ3v) is 3.56. The van der Waals surface area contributed by atoms with Gasteiger partial charge in [-0.3, -0.25) is 0 Å². The Hall–Kier alpha value is -2.03. The van der Waals surface area contributed by atoms with Crippen molar-refractivity contribution in [2.24, 2.45) is 0 Å². The van der Waals surface area contributed by atoms with Gasteiger partial charge in [0.2, 0.25) is 0 Å². The Morgan fingerprint density at radius 3 is 2.48 bits per heavy atom. The average Bonchev–Trinajstić information content (AvgIpc) is 2.52. The van der Waals surface area contributed by atoms with Crippen molar-refractivity contribution in [3.63, 3.8) is 0 Å². The van der Waals surface area contributed by atoms with Crippen LogP contribution < -0.4 is 10.1 Å². The molecule has 0 saturated heterocycles. The first kappa shape index (κ1) is 15.4. The third kappa shape index (κ3) is 4.22. The van der Waals surface area contributed by atoms with Gasteiger partial charge in [0, 0.05) is 0 Å². The van der Waals surface area contributed by atoms with Gasteiger partial charge >= 0.3 is 0 Å². The summed E-state index contributed by atoms with van der Waals surface area (Å²) in [5.74, 6) is 0.617. The molecule has 21 heavy (non-hydrogen) atoms. The number of hydrogen-bond donors (Lipinski definition) is 1. The highest BCUT2D eigenvalue weighted by molar-refractivity contribution is 5.57. The lowest BCUT2D eigenvalue weighted by atomic mass is 10.0. The first-order valence-corrected chi connectivity index (χ1v) is 7.39. The number of halogens is 1. The number of para-hydroxylation sites is 2. The van der Waals surface area contributed by atoms with E-state index in [2.05, 4.69) is 12.2 Å². The highest BCUT2D eigenvalue weighted by Crippen LogP contribution is 2.30. The Labute approximate surface area is 126 Å². The van der Waals surface area contributed by atoms with Gasteiger partial charge < -0.3 is 10.1 Å². The van der Waals surface area contributed by atoms with E-state index in [1.54, 1.807) is 7.11 Å². The Bertz CT molecular complexity index is 553. The van der Waals surface area contributed by atoms with Crippen LogP contribution in [0.15, 0.2) is 48.5 Å². The number of anilines is 1. The largest absolute Gasteiger partial charge is 0.495 e. The third-order valence-electron chi connectivity index (χ3n) is 3.56. The number of ether oxygens (including phenoxy) is 1. The van der Waals surface area contributed by atoms with Crippen molar-refractivity contribution in [2.45, 2.75) is 32.2 Å². The first-order valence-electron chi connectivity index (χ1n) is 7.39. The topological polar surface area (TPSA) is 21.3 Å². The fourth-order valence-electron chi connectivity index (χ4n) is 2.38. The van der Waals surface area contributed by atoms with E-state index in [1.165, 1.54) is 12.1 Å². The maximum atomic E-state index is 13.1. The lowest BCUT2D eigenvalue weighted by Crippen LogP contribution is -2.11. The van der Waals surface area contributed by atoms with Gasteiger partial charge in [0.1, 0.15) is 11.6 Å². The van der Waals surface area contributed by atoms with Crippen molar-refractivity contribution >= 4 is 5.69 Å². The summed E-state index contributed by atoms with van der Waals surface area (Å²) in [7, 11) is 1.67. The fraction of sp³-hybridized carbons (Fsp3) is 0.333. The van der Waals surface area contributed by atoms with E-state index in [4.69, 9.17) is 4.74 Å². The normalized spacial score (nSPS) is 12.0. The van der Waals surface area contributed by atoms with Crippen molar-refractivity contribution < 1.29 is 9.13 Å². The van der Waals surface area contributed by atoms with E-state index in [1.807, 2.05) is 36.4 Å². The van der Waals surface area contributed by atoms with Crippen LogP contribution in [-0.4, -0.2) is 7.11 Å². The minimum absolute atomic E-state index is 0.154. The molecular formula is C18H22FNO. The molecule has 3 heteroatoms. The molecule has 1 N–H and O–H groups in total. The van der Waals surface area contributed by atoms with Crippen molar-refractivity contribution in [3.05, 3.63) is 59.9 Å². The van der Waals surface area contributed by atoms with Gasteiger partial charge in [0.25, 0.3) is 0 Å². The Balaban J connectivity index is 2.21. The highest BCUT2D eigenvalue weighted by Gasteiger charge is 2.13. The van der Waals surface area contributed by atoms with Gasteiger partial charge in [-0.2, -0.15) is 0 Å². The van der Waals surface area contributed by atoms with E-state index in [-0.39, 0.29) is 11.9 Å². The van der Waals surface area contributed by atoms with E-state index < -0.39 is 0 Å². The summed E-state index contributed by atoms with van der Waals surface area (Å²) in [6.45, 7) is 2.17. The molecule has 0 aromatic heterocycles. The lowest BCUT2D eigenvalue weighted by molar-refractivity contribution is 0.415. The van der Waals surface area contributed by atoms with Crippen molar-refractivity contribution in [1.82, 2.24) is 0 Å². The molecule has 0 radical (unpaired) electrons. The van der Waals surface area contributed by atoms with Crippen molar-refractivity contribution in [2.75, 3.05) is 12.4 Å². The second kappa shape index (κ2) is 7.67. The molecule has 0 aliphatic rings. The molecule has 1 atom stereocenters. The quantitative estimate of drug-likeness (QED) is 0.757. The maximum Gasteiger partial charge on any atom is 0.141 e. The summed E-state index contributed by atoms with van der Waals surface area (Å²) in [4.78, 5) is 0. The van der Waals surface area contributed by atoms with Crippen molar-refractivity contribution in [1.29, 1.82) is 0 Å². The van der Waals surface area contributed by atoms with Crippen LogP contribution in [0.1, 0.15) is 37.8 Å². The average molecular weight is 287 g/mol. The standard InChI is InChI=1S/C18H22FNO/c1-3-4-7-16(14-10-12-15(19)13-11-14)20-17-8-5-6-9-18(17)21-2/h5-6,8-13,16,20H,3-4,7H2,1-2H3. The number of rotatable bonds is 7. The number of benzene rings is 2. The summed E-state index contributed by atoms with van der Waals surface area (Å²) in [6.07, 6.45) is 3.25. The molecule has 2 nitrogen and oxygen atoms in total. The van der Waals surface area contributed by atoms with E-state index in [0.29, 0.717) is 0 Å². The molecule has 0 amide bonds. The molecule has 0 fully saturated rings. The number of unbranched alkanes of at least 4 members (excludes halogenated alkanes) is 1. The second-order valence-electron chi connectivity index (χ2n) is 5.09. The summed E-state index contributed by atoms with van der Waals surface area (Å²) in [5, 5.41) is 3.52. The molecule has 0 aliphatic carbocycles. The zero-order valence-electron chi connectivity index (χ0n) is 12.6. The van der Waals surface area contributed by atoms with Gasteiger partial charge in [-0.05, 0) is 36.2 Å². The maximum absolute atomic E-state index is 13.1. The van der Waals surface area contributed by atoms with Crippen LogP contribution in [0.2, 0.25) is 0 Å². The molecule has 2 aromatic rings. The molecule has 2 aromatic carbocycles. The summed E-state index contributed by atoms with van der Waals surface area (Å²) >= 11 is 0. The Kier molecular flexibility index (Phi) is 5.61. The Morgan fingerprint density at radius 2 is 1.81 bits per heavy atom. The predicted octanol–water partition coefficient (Wildman–Crippen LogP) is 5.18. The Morgan fingerprint density at radius 1 is 1.10 bits per heavy atom. The van der Waals surface area contributed by atoms with Crippen LogP contribution in [0, 0.1) is 5.82 Å². The van der Waals surface area contributed by atoms with Gasteiger partial charge in [-0.1, -0.05) is 44.0 Å². The van der Waals surface area contributed by atoms with Crippen LogP contribution in [-0.2, 0) is 0 Å². The molecule has 0 aliphatic heterocycles. The number of methoxy groups -OCH3 is 1. The molecule has 1 unspecified atom stereocenters. The summed E-state index contributed by atoms with van der Waals surface area (Å²) in [6, 6.07) is 14.7. The molecular weight excluding hydrogens is 265 g/mol. The molecule has 112 valence electrons. The van der Waals surface area contributed by atoms with Crippen LogP contribution >= 0.6 is 0 Å². The van der Waals surface area contributed by atoms with Crippen molar-refractivity contribution in [3.8, 4) is 5.75 Å². The zero-order chi connectivity index (χ0) is 15.1. The lowest BCUT2D eigenvalue weighted by Gasteiger charge is -2.21. The second-order valence-corrected chi connectivity index (χ2v) is 5.09. The van der Waals surface area contributed by atoms with E-state index >= 15 is 0 Å². The SMILES string of the molecule is CCCCC(Nc1ccccc1OC)c1ccc(F)cc1. The smallest absolute Gasteiger partial charge is 0.141 e. The molecule has 0 heterocycles. The zero-order valence-corrected chi connectivity index (χ0v) is 12.6. The predicted molar refractivity (Wildman–Crippen MR) is 85.3 cm³/mol. The molecule has 0 bridgehead atoms. The number of nitrogens with one attached hydrogen (secondary N) is 1. The van der Waals surface area contributed by atoms with Gasteiger partial charge in [-0.15, -0.1) is 0 Å². The van der Waals surface area contributed by atoms with Gasteiger partial charge in [-0.25, -0.2) is 4.39 Å². The van der Waals surface area contributed by atoms with Crippen LogP contribution in [0.5, 0.6) is 5.75 Å². The minimum atomic E-state index is -0.203.